The molecule has 0 saturated heterocycles. The molecule has 0 amide bonds. The number of hydrogen-bond donors (Lipinski definition) is 0. The van der Waals surface area contributed by atoms with Crippen molar-refractivity contribution in [2.45, 2.75) is 34.3 Å². The summed E-state index contributed by atoms with van der Waals surface area (Å²) in [5.74, 6) is -0.303. The molecule has 0 radical (unpaired) electrons. The van der Waals surface area contributed by atoms with E-state index < -0.39 is 0 Å². The Bertz CT molecular complexity index is 764. The molecule has 0 atom stereocenters. The molecule has 4 heteroatoms. The molecule has 0 aliphatic heterocycles. The number of benzene rings is 2. The van der Waals surface area contributed by atoms with E-state index in [0.717, 1.165) is 28.9 Å². The number of aryl methyl sites for hydroxylation is 3. The molecule has 25 heavy (non-hydrogen) atoms. The van der Waals surface area contributed by atoms with E-state index >= 15 is 0 Å². The van der Waals surface area contributed by atoms with E-state index in [1.165, 1.54) is 5.56 Å². The summed E-state index contributed by atoms with van der Waals surface area (Å²) in [5, 5.41) is 0. The van der Waals surface area contributed by atoms with Crippen LogP contribution in [0.4, 0.5) is 5.69 Å². The van der Waals surface area contributed by atoms with Gasteiger partial charge in [0.15, 0.2) is 0 Å². The van der Waals surface area contributed by atoms with Gasteiger partial charge in [-0.25, -0.2) is 9.79 Å². The van der Waals surface area contributed by atoms with Crippen molar-refractivity contribution < 1.29 is 9.53 Å². The van der Waals surface area contributed by atoms with Crippen molar-refractivity contribution in [1.82, 2.24) is 4.90 Å². The van der Waals surface area contributed by atoms with Crippen LogP contribution in [-0.4, -0.2) is 30.8 Å². The minimum Gasteiger partial charge on any atom is -0.457 e. The molecular formula is C21H26N2O2. The molecule has 0 aromatic heterocycles. The number of esters is 1. The van der Waals surface area contributed by atoms with Gasteiger partial charge >= 0.3 is 5.97 Å². The zero-order valence-corrected chi connectivity index (χ0v) is 15.7. The van der Waals surface area contributed by atoms with E-state index in [1.807, 2.05) is 69.1 Å². The molecule has 2 aromatic rings. The molecule has 0 unspecified atom stereocenters. The van der Waals surface area contributed by atoms with Crippen LogP contribution in [0, 0.1) is 20.8 Å². The Morgan fingerprint density at radius 2 is 1.80 bits per heavy atom. The van der Waals surface area contributed by atoms with Crippen LogP contribution in [0.2, 0.25) is 0 Å². The molecule has 2 aromatic carbocycles. The van der Waals surface area contributed by atoms with Crippen LogP contribution in [0.25, 0.3) is 0 Å². The number of rotatable bonds is 6. The number of nitrogens with zero attached hydrogens (tertiary/aromatic N) is 2. The highest BCUT2D eigenvalue weighted by atomic mass is 16.5. The standard InChI is InChI=1S/C21H26N2O2/c1-6-23(5)14-22-20-12-16(3)19(11-17(20)4)21(24)25-13-18-9-7-15(2)8-10-18/h7-12,14H,6,13H2,1-5H3/b22-14+. The van der Waals surface area contributed by atoms with Crippen LogP contribution in [0.3, 0.4) is 0 Å². The van der Waals surface area contributed by atoms with E-state index in [1.54, 1.807) is 6.34 Å². The van der Waals surface area contributed by atoms with Crippen molar-refractivity contribution >= 4 is 18.0 Å². The molecule has 2 rings (SSSR count). The molecule has 0 bridgehead atoms. The number of carbonyl (C=O) groups is 1. The average molecular weight is 338 g/mol. The predicted octanol–water partition coefficient (Wildman–Crippen LogP) is 4.58. The summed E-state index contributed by atoms with van der Waals surface area (Å²) in [7, 11) is 1.97. The van der Waals surface area contributed by atoms with E-state index in [4.69, 9.17) is 4.74 Å². The summed E-state index contributed by atoms with van der Waals surface area (Å²) < 4.78 is 5.46. The van der Waals surface area contributed by atoms with Gasteiger partial charge in [0.2, 0.25) is 0 Å². The third-order valence-electron chi connectivity index (χ3n) is 4.15. The van der Waals surface area contributed by atoms with Crippen molar-refractivity contribution in [2.24, 2.45) is 4.99 Å². The van der Waals surface area contributed by atoms with Crippen LogP contribution in [0.5, 0.6) is 0 Å². The second kappa shape index (κ2) is 8.47. The summed E-state index contributed by atoms with van der Waals surface area (Å²) in [6.45, 7) is 9.13. The minimum absolute atomic E-state index is 0.277. The Morgan fingerprint density at radius 3 is 2.44 bits per heavy atom. The first-order chi connectivity index (χ1) is 11.9. The van der Waals surface area contributed by atoms with Gasteiger partial charge in [0.25, 0.3) is 0 Å². The van der Waals surface area contributed by atoms with E-state index in [2.05, 4.69) is 11.9 Å². The molecule has 0 aliphatic rings. The van der Waals surface area contributed by atoms with Crippen molar-refractivity contribution in [3.63, 3.8) is 0 Å². The third kappa shape index (κ3) is 5.18. The summed E-state index contributed by atoms with van der Waals surface area (Å²) in [5.41, 5.74) is 5.45. The topological polar surface area (TPSA) is 41.9 Å². The molecule has 4 nitrogen and oxygen atoms in total. The Labute approximate surface area is 150 Å². The normalized spacial score (nSPS) is 10.9. The third-order valence-corrected chi connectivity index (χ3v) is 4.15. The van der Waals surface area contributed by atoms with Gasteiger partial charge in [-0.15, -0.1) is 0 Å². The van der Waals surface area contributed by atoms with Gasteiger partial charge < -0.3 is 9.64 Å². The fourth-order valence-electron chi connectivity index (χ4n) is 2.31. The number of hydrogen-bond acceptors (Lipinski definition) is 3. The summed E-state index contributed by atoms with van der Waals surface area (Å²) in [6.07, 6.45) is 1.80. The largest absolute Gasteiger partial charge is 0.457 e. The average Bonchev–Trinajstić information content (AvgIpc) is 2.61. The molecule has 0 N–H and O–H groups in total. The number of aliphatic imine (C=N–C) groups is 1. The first-order valence-corrected chi connectivity index (χ1v) is 8.49. The summed E-state index contributed by atoms with van der Waals surface area (Å²) in [4.78, 5) is 18.9. The predicted molar refractivity (Wildman–Crippen MR) is 103 cm³/mol. The fourth-order valence-corrected chi connectivity index (χ4v) is 2.31. The lowest BCUT2D eigenvalue weighted by Crippen LogP contribution is -2.14. The van der Waals surface area contributed by atoms with Crippen molar-refractivity contribution in [1.29, 1.82) is 0 Å². The number of ether oxygens (including phenoxy) is 1. The zero-order valence-electron chi connectivity index (χ0n) is 15.7. The maximum atomic E-state index is 12.4. The Kier molecular flexibility index (Phi) is 6.34. The Morgan fingerprint density at radius 1 is 1.12 bits per heavy atom. The quantitative estimate of drug-likeness (QED) is 0.440. The summed E-state index contributed by atoms with van der Waals surface area (Å²) >= 11 is 0. The van der Waals surface area contributed by atoms with Gasteiger partial charge in [-0.05, 0) is 56.5 Å². The van der Waals surface area contributed by atoms with Crippen molar-refractivity contribution in [3.05, 3.63) is 64.2 Å². The van der Waals surface area contributed by atoms with E-state index in [9.17, 15) is 4.79 Å². The second-order valence-corrected chi connectivity index (χ2v) is 6.33. The van der Waals surface area contributed by atoms with Crippen LogP contribution in [-0.2, 0) is 11.3 Å². The van der Waals surface area contributed by atoms with Gasteiger partial charge in [0, 0.05) is 13.6 Å². The molecule has 0 aliphatic carbocycles. The van der Waals surface area contributed by atoms with Crippen LogP contribution >= 0.6 is 0 Å². The molecule has 0 heterocycles. The lowest BCUT2D eigenvalue weighted by Gasteiger charge is -2.12. The van der Waals surface area contributed by atoms with Crippen LogP contribution < -0.4 is 0 Å². The van der Waals surface area contributed by atoms with Gasteiger partial charge in [-0.2, -0.15) is 0 Å². The maximum absolute atomic E-state index is 12.4. The van der Waals surface area contributed by atoms with Crippen molar-refractivity contribution in [2.75, 3.05) is 13.6 Å². The SMILES string of the molecule is CCN(C)/C=N/c1cc(C)c(C(=O)OCc2ccc(C)cc2)cc1C. The van der Waals surface area contributed by atoms with E-state index in [0.29, 0.717) is 5.56 Å². The zero-order chi connectivity index (χ0) is 18.4. The van der Waals surface area contributed by atoms with Gasteiger partial charge in [-0.3, -0.25) is 0 Å². The highest BCUT2D eigenvalue weighted by molar-refractivity contribution is 5.92. The van der Waals surface area contributed by atoms with Gasteiger partial charge in [-0.1, -0.05) is 29.8 Å². The monoisotopic (exact) mass is 338 g/mol. The fraction of sp³-hybridized carbons (Fsp3) is 0.333. The smallest absolute Gasteiger partial charge is 0.338 e. The number of carbonyl (C=O) groups excluding carboxylic acids is 1. The lowest BCUT2D eigenvalue weighted by molar-refractivity contribution is 0.0472. The second-order valence-electron chi connectivity index (χ2n) is 6.33. The molecule has 132 valence electrons. The highest BCUT2D eigenvalue weighted by Crippen LogP contribution is 2.24. The lowest BCUT2D eigenvalue weighted by atomic mass is 10.0. The van der Waals surface area contributed by atoms with Crippen LogP contribution in [0.1, 0.15) is 39.5 Å². The Hall–Kier alpha value is -2.62. The van der Waals surface area contributed by atoms with E-state index in [-0.39, 0.29) is 12.6 Å². The summed E-state index contributed by atoms with van der Waals surface area (Å²) in [6, 6.07) is 11.8. The first kappa shape index (κ1) is 18.7. The highest BCUT2D eigenvalue weighted by Gasteiger charge is 2.13. The van der Waals surface area contributed by atoms with Crippen molar-refractivity contribution in [3.8, 4) is 0 Å². The van der Waals surface area contributed by atoms with Gasteiger partial charge in [0.05, 0.1) is 17.6 Å². The molecule has 0 fully saturated rings. The Balaban J connectivity index is 2.10. The van der Waals surface area contributed by atoms with Gasteiger partial charge in [0.1, 0.15) is 6.61 Å². The molecule has 0 saturated carbocycles. The first-order valence-electron chi connectivity index (χ1n) is 8.49. The molecular weight excluding hydrogens is 312 g/mol. The maximum Gasteiger partial charge on any atom is 0.338 e. The van der Waals surface area contributed by atoms with Crippen LogP contribution in [0.15, 0.2) is 41.4 Å². The minimum atomic E-state index is -0.303. The molecule has 0 spiro atoms.